The second kappa shape index (κ2) is 9.38. The molecule has 0 aromatic heterocycles. The Kier molecular flexibility index (Phi) is 9.26. The van der Waals surface area contributed by atoms with Gasteiger partial charge in [0.15, 0.2) is 0 Å². The van der Waals surface area contributed by atoms with Gasteiger partial charge in [0.2, 0.25) is 0 Å². The third-order valence-electron chi connectivity index (χ3n) is 2.47. The molecule has 0 aliphatic heterocycles. The van der Waals surface area contributed by atoms with Crippen LogP contribution in [0.2, 0.25) is 0 Å². The Morgan fingerprint density at radius 2 is 1.86 bits per heavy atom. The Hall–Kier alpha value is -0.180. The Labute approximate surface area is 92.5 Å². The Morgan fingerprint density at radius 3 is 2.36 bits per heavy atom. The molecule has 0 heterocycles. The van der Waals surface area contributed by atoms with Gasteiger partial charge in [-0.3, -0.25) is 4.79 Å². The highest BCUT2D eigenvalue weighted by atomic mass is 32.1. The van der Waals surface area contributed by atoms with Gasteiger partial charge in [-0.15, -0.1) is 0 Å². The first-order valence-corrected chi connectivity index (χ1v) is 6.19. The average molecular weight is 218 g/mol. The van der Waals surface area contributed by atoms with Crippen LogP contribution in [0.1, 0.15) is 51.9 Å². The van der Waals surface area contributed by atoms with Crippen molar-refractivity contribution in [2.75, 3.05) is 5.75 Å². The molecule has 1 N–H and O–H groups in total. The van der Waals surface area contributed by atoms with E-state index in [1.54, 1.807) is 0 Å². The monoisotopic (exact) mass is 218 g/mol. The lowest BCUT2D eigenvalue weighted by molar-refractivity contribution is -0.142. The van der Waals surface area contributed by atoms with E-state index in [0.29, 0.717) is 0 Å². The van der Waals surface area contributed by atoms with Crippen LogP contribution < -0.4 is 0 Å². The molecule has 1 atom stereocenters. The zero-order chi connectivity index (χ0) is 10.8. The molecule has 2 nitrogen and oxygen atoms in total. The summed E-state index contributed by atoms with van der Waals surface area (Å²) in [5.41, 5.74) is 0. The number of rotatable bonds is 9. The molecule has 0 rings (SSSR count). The second-order valence-corrected chi connectivity index (χ2v) is 4.20. The molecule has 0 radical (unpaired) electrons. The first-order valence-electron chi connectivity index (χ1n) is 5.56. The van der Waals surface area contributed by atoms with Gasteiger partial charge >= 0.3 is 5.97 Å². The van der Waals surface area contributed by atoms with Gasteiger partial charge in [-0.1, -0.05) is 32.6 Å². The molecular formula is C11H22O2S. The number of carboxylic acids is 1. The molecular weight excluding hydrogens is 196 g/mol. The van der Waals surface area contributed by atoms with E-state index in [1.807, 2.05) is 0 Å². The number of unbranched alkanes of at least 4 members (excludes halogenated alkanes) is 3. The lowest BCUT2D eigenvalue weighted by Gasteiger charge is -2.10. The van der Waals surface area contributed by atoms with Crippen LogP contribution in [0.25, 0.3) is 0 Å². The predicted octanol–water partition coefficient (Wildman–Crippen LogP) is 3.37. The van der Waals surface area contributed by atoms with Crippen LogP contribution >= 0.6 is 12.6 Å². The normalized spacial score (nSPS) is 12.7. The fraction of sp³-hybridized carbons (Fsp3) is 0.909. The summed E-state index contributed by atoms with van der Waals surface area (Å²) in [7, 11) is 0. The van der Waals surface area contributed by atoms with Gasteiger partial charge in [-0.25, -0.2) is 0 Å². The quantitative estimate of drug-likeness (QED) is 0.460. The van der Waals surface area contributed by atoms with Crippen molar-refractivity contribution in [1.29, 1.82) is 0 Å². The molecule has 3 heteroatoms. The first-order chi connectivity index (χ1) is 6.72. The number of aliphatic carboxylic acids is 1. The van der Waals surface area contributed by atoms with Crippen molar-refractivity contribution in [3.63, 3.8) is 0 Å². The summed E-state index contributed by atoms with van der Waals surface area (Å²) in [6.45, 7) is 2.16. The highest BCUT2D eigenvalue weighted by Gasteiger charge is 2.15. The summed E-state index contributed by atoms with van der Waals surface area (Å²) in [5.74, 6) is 0.0148. The maximum absolute atomic E-state index is 10.8. The molecule has 14 heavy (non-hydrogen) atoms. The Bertz CT molecular complexity index is 148. The van der Waals surface area contributed by atoms with Crippen molar-refractivity contribution in [3.8, 4) is 0 Å². The van der Waals surface area contributed by atoms with E-state index < -0.39 is 5.97 Å². The van der Waals surface area contributed by atoms with Crippen molar-refractivity contribution in [2.45, 2.75) is 51.9 Å². The largest absolute Gasteiger partial charge is 0.481 e. The minimum atomic E-state index is -0.636. The van der Waals surface area contributed by atoms with Crippen LogP contribution in [0.15, 0.2) is 0 Å². The standard InChI is InChI=1S/C11H22O2S/c1-2-3-4-5-7-10(11(12)13)8-6-9-14/h10,14H,2-9H2,1H3,(H,12,13). The topological polar surface area (TPSA) is 37.3 Å². The summed E-state index contributed by atoms with van der Waals surface area (Å²) in [4.78, 5) is 10.8. The highest BCUT2D eigenvalue weighted by Crippen LogP contribution is 2.16. The summed E-state index contributed by atoms with van der Waals surface area (Å²) in [5, 5.41) is 8.93. The minimum Gasteiger partial charge on any atom is -0.481 e. The molecule has 0 saturated heterocycles. The average Bonchev–Trinajstić information content (AvgIpc) is 2.16. The van der Waals surface area contributed by atoms with Gasteiger partial charge in [0.1, 0.15) is 0 Å². The summed E-state index contributed by atoms with van der Waals surface area (Å²) in [6.07, 6.45) is 7.17. The van der Waals surface area contributed by atoms with E-state index in [0.717, 1.165) is 31.4 Å². The van der Waals surface area contributed by atoms with Gasteiger partial charge < -0.3 is 5.11 Å². The molecule has 0 amide bonds. The lowest BCUT2D eigenvalue weighted by atomic mass is 9.96. The van der Waals surface area contributed by atoms with Gasteiger partial charge in [0.05, 0.1) is 5.92 Å². The van der Waals surface area contributed by atoms with Crippen LogP contribution in [0.3, 0.4) is 0 Å². The van der Waals surface area contributed by atoms with Gasteiger partial charge in [0.25, 0.3) is 0 Å². The van der Waals surface area contributed by atoms with Crippen LogP contribution in [0, 0.1) is 5.92 Å². The summed E-state index contributed by atoms with van der Waals surface area (Å²) < 4.78 is 0. The van der Waals surface area contributed by atoms with Crippen molar-refractivity contribution < 1.29 is 9.90 Å². The van der Waals surface area contributed by atoms with Crippen molar-refractivity contribution >= 4 is 18.6 Å². The minimum absolute atomic E-state index is 0.140. The predicted molar refractivity (Wildman–Crippen MR) is 63.0 cm³/mol. The fourth-order valence-corrected chi connectivity index (χ4v) is 1.73. The molecule has 0 saturated carbocycles. The smallest absolute Gasteiger partial charge is 0.306 e. The molecule has 0 aromatic rings. The van der Waals surface area contributed by atoms with E-state index in [4.69, 9.17) is 5.11 Å². The van der Waals surface area contributed by atoms with Gasteiger partial charge in [-0.2, -0.15) is 12.6 Å². The van der Waals surface area contributed by atoms with Gasteiger partial charge in [0, 0.05) is 0 Å². The van der Waals surface area contributed by atoms with Crippen molar-refractivity contribution in [1.82, 2.24) is 0 Å². The SMILES string of the molecule is CCCCCCC(CCCS)C(=O)O. The molecule has 0 aromatic carbocycles. The van der Waals surface area contributed by atoms with Crippen LogP contribution in [-0.4, -0.2) is 16.8 Å². The maximum atomic E-state index is 10.8. The second-order valence-electron chi connectivity index (χ2n) is 3.75. The van der Waals surface area contributed by atoms with Crippen molar-refractivity contribution in [3.05, 3.63) is 0 Å². The molecule has 0 aliphatic rings. The number of hydrogen-bond acceptors (Lipinski definition) is 2. The highest BCUT2D eigenvalue weighted by molar-refractivity contribution is 7.80. The number of carboxylic acid groups (broad SMARTS) is 1. The number of thiol groups is 1. The van der Waals surface area contributed by atoms with E-state index >= 15 is 0 Å². The molecule has 0 aliphatic carbocycles. The Balaban J connectivity index is 3.57. The van der Waals surface area contributed by atoms with E-state index in [-0.39, 0.29) is 5.92 Å². The number of carbonyl (C=O) groups is 1. The number of hydrogen-bond donors (Lipinski definition) is 2. The third-order valence-corrected chi connectivity index (χ3v) is 2.78. The Morgan fingerprint density at radius 1 is 1.21 bits per heavy atom. The fourth-order valence-electron chi connectivity index (χ4n) is 1.55. The molecule has 1 unspecified atom stereocenters. The lowest BCUT2D eigenvalue weighted by Crippen LogP contribution is -2.13. The van der Waals surface area contributed by atoms with Crippen LogP contribution in [0.5, 0.6) is 0 Å². The third kappa shape index (κ3) is 7.25. The summed E-state index contributed by atoms with van der Waals surface area (Å²) in [6, 6.07) is 0. The zero-order valence-electron chi connectivity index (χ0n) is 9.04. The molecule has 0 fully saturated rings. The summed E-state index contributed by atoms with van der Waals surface area (Å²) >= 11 is 4.10. The van der Waals surface area contributed by atoms with Gasteiger partial charge in [-0.05, 0) is 25.0 Å². The first kappa shape index (κ1) is 13.8. The van der Waals surface area contributed by atoms with E-state index in [2.05, 4.69) is 19.6 Å². The van der Waals surface area contributed by atoms with E-state index in [9.17, 15) is 4.79 Å². The molecule has 0 bridgehead atoms. The maximum Gasteiger partial charge on any atom is 0.306 e. The molecule has 84 valence electrons. The van der Waals surface area contributed by atoms with Crippen molar-refractivity contribution in [2.24, 2.45) is 5.92 Å². The zero-order valence-corrected chi connectivity index (χ0v) is 9.93. The van der Waals surface area contributed by atoms with E-state index in [1.165, 1.54) is 19.3 Å². The molecule has 0 spiro atoms. The van der Waals surface area contributed by atoms with Crippen LogP contribution in [0.4, 0.5) is 0 Å². The van der Waals surface area contributed by atoms with Crippen LogP contribution in [-0.2, 0) is 4.79 Å².